The van der Waals surface area contributed by atoms with Crippen LogP contribution in [0.4, 0.5) is 5.69 Å². The first-order valence-electron chi connectivity index (χ1n) is 6.54. The van der Waals surface area contributed by atoms with E-state index in [9.17, 15) is 0 Å². The van der Waals surface area contributed by atoms with E-state index >= 15 is 0 Å². The van der Waals surface area contributed by atoms with Crippen molar-refractivity contribution in [2.24, 2.45) is 0 Å². The van der Waals surface area contributed by atoms with E-state index < -0.39 is 0 Å². The standard InChI is InChI=1S/C15H24N2/c1-12-5-7-14(8-6-12)17-11-13(16-4)9-10-15(17,2)3/h5-8,13,16H,9-11H2,1-4H3. The molecule has 1 aromatic rings. The molecule has 0 radical (unpaired) electrons. The van der Waals surface area contributed by atoms with Gasteiger partial charge in [-0.1, -0.05) is 17.7 Å². The Hall–Kier alpha value is -1.02. The molecular weight excluding hydrogens is 208 g/mol. The summed E-state index contributed by atoms with van der Waals surface area (Å²) in [6.07, 6.45) is 2.51. The van der Waals surface area contributed by atoms with Crippen molar-refractivity contribution in [3.63, 3.8) is 0 Å². The normalized spacial score (nSPS) is 23.8. The largest absolute Gasteiger partial charge is 0.365 e. The van der Waals surface area contributed by atoms with Crippen LogP contribution in [0.5, 0.6) is 0 Å². The Morgan fingerprint density at radius 2 is 1.88 bits per heavy atom. The zero-order valence-electron chi connectivity index (χ0n) is 11.5. The van der Waals surface area contributed by atoms with Crippen LogP contribution in [0.25, 0.3) is 0 Å². The van der Waals surface area contributed by atoms with Crippen LogP contribution in [-0.4, -0.2) is 25.2 Å². The van der Waals surface area contributed by atoms with Gasteiger partial charge in [0.2, 0.25) is 0 Å². The minimum absolute atomic E-state index is 0.266. The Labute approximate surface area is 105 Å². The molecule has 1 unspecified atom stereocenters. The van der Waals surface area contributed by atoms with Crippen molar-refractivity contribution in [2.75, 3.05) is 18.5 Å². The molecule has 1 fully saturated rings. The van der Waals surface area contributed by atoms with Crippen molar-refractivity contribution in [1.29, 1.82) is 0 Å². The van der Waals surface area contributed by atoms with Gasteiger partial charge in [0.15, 0.2) is 0 Å². The molecule has 0 bridgehead atoms. The van der Waals surface area contributed by atoms with E-state index in [1.165, 1.54) is 24.1 Å². The molecule has 0 aliphatic carbocycles. The average molecular weight is 232 g/mol. The van der Waals surface area contributed by atoms with Gasteiger partial charge in [0.25, 0.3) is 0 Å². The molecule has 94 valence electrons. The maximum absolute atomic E-state index is 3.41. The lowest BCUT2D eigenvalue weighted by atomic mass is 9.87. The van der Waals surface area contributed by atoms with E-state index in [1.54, 1.807) is 0 Å². The van der Waals surface area contributed by atoms with Crippen molar-refractivity contribution in [1.82, 2.24) is 5.32 Å². The highest BCUT2D eigenvalue weighted by molar-refractivity contribution is 5.50. The number of piperidine rings is 1. The van der Waals surface area contributed by atoms with Gasteiger partial charge in [0, 0.05) is 23.8 Å². The fraction of sp³-hybridized carbons (Fsp3) is 0.600. The first kappa shape index (κ1) is 12.4. The molecule has 17 heavy (non-hydrogen) atoms. The lowest BCUT2D eigenvalue weighted by molar-refractivity contribution is 0.313. The highest BCUT2D eigenvalue weighted by Crippen LogP contribution is 2.32. The number of anilines is 1. The van der Waals surface area contributed by atoms with Crippen LogP contribution in [-0.2, 0) is 0 Å². The third-order valence-electron chi connectivity index (χ3n) is 3.99. The second kappa shape index (κ2) is 4.69. The summed E-state index contributed by atoms with van der Waals surface area (Å²) in [6.45, 7) is 7.94. The number of hydrogen-bond donors (Lipinski definition) is 1. The van der Waals surface area contributed by atoms with Gasteiger partial charge < -0.3 is 10.2 Å². The lowest BCUT2D eigenvalue weighted by Crippen LogP contribution is -2.55. The van der Waals surface area contributed by atoms with Gasteiger partial charge in [0.1, 0.15) is 0 Å². The van der Waals surface area contributed by atoms with Crippen molar-refractivity contribution >= 4 is 5.69 Å². The maximum atomic E-state index is 3.41. The molecule has 1 N–H and O–H groups in total. The molecule has 0 amide bonds. The molecular formula is C15H24N2. The highest BCUT2D eigenvalue weighted by atomic mass is 15.2. The Kier molecular flexibility index (Phi) is 3.43. The fourth-order valence-corrected chi connectivity index (χ4v) is 2.64. The van der Waals surface area contributed by atoms with E-state index in [1.807, 2.05) is 0 Å². The van der Waals surface area contributed by atoms with Crippen LogP contribution < -0.4 is 10.2 Å². The van der Waals surface area contributed by atoms with Crippen LogP contribution >= 0.6 is 0 Å². The maximum Gasteiger partial charge on any atom is 0.0371 e. The summed E-state index contributed by atoms with van der Waals surface area (Å²) in [5.41, 5.74) is 2.94. The molecule has 1 aliphatic rings. The SMILES string of the molecule is CNC1CCC(C)(C)N(c2ccc(C)cc2)C1. The molecule has 0 saturated carbocycles. The molecule has 1 atom stereocenters. The number of nitrogens with one attached hydrogen (secondary N) is 1. The van der Waals surface area contributed by atoms with E-state index in [-0.39, 0.29) is 5.54 Å². The predicted octanol–water partition coefficient (Wildman–Crippen LogP) is 2.96. The second-order valence-electron chi connectivity index (χ2n) is 5.78. The molecule has 1 saturated heterocycles. The Morgan fingerprint density at radius 3 is 2.47 bits per heavy atom. The van der Waals surface area contributed by atoms with Gasteiger partial charge in [-0.15, -0.1) is 0 Å². The number of likely N-dealkylation sites (N-methyl/N-ethyl adjacent to an activating group) is 1. The first-order valence-corrected chi connectivity index (χ1v) is 6.54. The monoisotopic (exact) mass is 232 g/mol. The molecule has 1 aromatic carbocycles. The first-order chi connectivity index (χ1) is 8.03. The molecule has 1 aliphatic heterocycles. The summed E-state index contributed by atoms with van der Waals surface area (Å²) in [5, 5.41) is 3.41. The van der Waals surface area contributed by atoms with Crippen molar-refractivity contribution in [3.8, 4) is 0 Å². The molecule has 0 spiro atoms. The fourth-order valence-electron chi connectivity index (χ4n) is 2.64. The van der Waals surface area contributed by atoms with Crippen LogP contribution in [0.3, 0.4) is 0 Å². The summed E-state index contributed by atoms with van der Waals surface area (Å²) in [7, 11) is 2.07. The van der Waals surface area contributed by atoms with Gasteiger partial charge in [-0.25, -0.2) is 0 Å². The van der Waals surface area contributed by atoms with E-state index in [4.69, 9.17) is 0 Å². The summed E-state index contributed by atoms with van der Waals surface area (Å²) in [5.74, 6) is 0. The van der Waals surface area contributed by atoms with Gasteiger partial charge in [-0.3, -0.25) is 0 Å². The number of nitrogens with zero attached hydrogens (tertiary/aromatic N) is 1. The number of hydrogen-bond acceptors (Lipinski definition) is 2. The Morgan fingerprint density at radius 1 is 1.24 bits per heavy atom. The van der Waals surface area contributed by atoms with Gasteiger partial charge in [0.05, 0.1) is 0 Å². The Balaban J connectivity index is 2.23. The van der Waals surface area contributed by atoms with E-state index in [0.717, 1.165) is 6.54 Å². The van der Waals surface area contributed by atoms with Crippen molar-refractivity contribution in [2.45, 2.75) is 45.2 Å². The highest BCUT2D eigenvalue weighted by Gasteiger charge is 2.33. The predicted molar refractivity (Wildman–Crippen MR) is 74.7 cm³/mol. The molecule has 1 heterocycles. The molecule has 2 rings (SSSR count). The van der Waals surface area contributed by atoms with E-state index in [0.29, 0.717) is 6.04 Å². The molecule has 0 aromatic heterocycles. The third kappa shape index (κ3) is 2.63. The minimum Gasteiger partial charge on any atom is -0.365 e. The number of aryl methyl sites for hydroxylation is 1. The second-order valence-corrected chi connectivity index (χ2v) is 5.78. The summed E-state index contributed by atoms with van der Waals surface area (Å²) in [6, 6.07) is 9.51. The smallest absolute Gasteiger partial charge is 0.0371 e. The quantitative estimate of drug-likeness (QED) is 0.843. The zero-order valence-corrected chi connectivity index (χ0v) is 11.5. The molecule has 2 heteroatoms. The summed E-state index contributed by atoms with van der Waals surface area (Å²) < 4.78 is 0. The number of rotatable bonds is 2. The van der Waals surface area contributed by atoms with Crippen LogP contribution in [0.1, 0.15) is 32.3 Å². The third-order valence-corrected chi connectivity index (χ3v) is 3.99. The average Bonchev–Trinajstić information content (AvgIpc) is 2.30. The zero-order chi connectivity index (χ0) is 12.5. The van der Waals surface area contributed by atoms with Crippen LogP contribution in [0.2, 0.25) is 0 Å². The van der Waals surface area contributed by atoms with Crippen molar-refractivity contribution < 1.29 is 0 Å². The summed E-state index contributed by atoms with van der Waals surface area (Å²) in [4.78, 5) is 2.54. The van der Waals surface area contributed by atoms with Crippen LogP contribution in [0.15, 0.2) is 24.3 Å². The summed E-state index contributed by atoms with van der Waals surface area (Å²) >= 11 is 0. The minimum atomic E-state index is 0.266. The van der Waals surface area contributed by atoms with E-state index in [2.05, 4.69) is 62.3 Å². The van der Waals surface area contributed by atoms with Crippen LogP contribution in [0, 0.1) is 6.92 Å². The van der Waals surface area contributed by atoms with Gasteiger partial charge in [-0.2, -0.15) is 0 Å². The van der Waals surface area contributed by atoms with Gasteiger partial charge >= 0.3 is 0 Å². The van der Waals surface area contributed by atoms with Crippen molar-refractivity contribution in [3.05, 3.63) is 29.8 Å². The Bertz CT molecular complexity index is 367. The lowest BCUT2D eigenvalue weighted by Gasteiger charge is -2.47. The molecule has 2 nitrogen and oxygen atoms in total. The topological polar surface area (TPSA) is 15.3 Å². The van der Waals surface area contributed by atoms with Gasteiger partial charge in [-0.05, 0) is 52.8 Å². The number of benzene rings is 1.